The van der Waals surface area contributed by atoms with Crippen molar-refractivity contribution in [2.75, 3.05) is 13.2 Å². The third kappa shape index (κ3) is 4.43. The van der Waals surface area contributed by atoms with Crippen LogP contribution in [0.15, 0.2) is 54.6 Å². The number of nitrogens with one attached hydrogen (secondary N) is 1. The van der Waals surface area contributed by atoms with Crippen molar-refractivity contribution in [3.8, 4) is 11.4 Å². The summed E-state index contributed by atoms with van der Waals surface area (Å²) in [6.07, 6.45) is 0. The van der Waals surface area contributed by atoms with E-state index in [4.69, 9.17) is 21.4 Å². The smallest absolute Gasteiger partial charge is 0.139 e. The summed E-state index contributed by atoms with van der Waals surface area (Å²) in [6, 6.07) is 17.7. The lowest BCUT2D eigenvalue weighted by Gasteiger charge is -2.08. The summed E-state index contributed by atoms with van der Waals surface area (Å²) in [4.78, 5) is 0. The van der Waals surface area contributed by atoms with E-state index in [-0.39, 0.29) is 6.61 Å². The quantitative estimate of drug-likeness (QED) is 0.595. The van der Waals surface area contributed by atoms with E-state index in [2.05, 4.69) is 10.4 Å². The second-order valence-corrected chi connectivity index (χ2v) is 6.29. The number of hydrogen-bond donors (Lipinski definition) is 2. The molecule has 0 spiro atoms. The predicted molar refractivity (Wildman–Crippen MR) is 103 cm³/mol. The summed E-state index contributed by atoms with van der Waals surface area (Å²) >= 11 is 6.52. The second kappa shape index (κ2) is 8.85. The summed E-state index contributed by atoms with van der Waals surface area (Å²) in [7, 11) is 0. The van der Waals surface area contributed by atoms with Crippen LogP contribution in [0.2, 0.25) is 5.15 Å². The van der Waals surface area contributed by atoms with Gasteiger partial charge in [0.05, 0.1) is 18.0 Å². The van der Waals surface area contributed by atoms with Gasteiger partial charge in [-0.15, -0.1) is 0 Å². The topological polar surface area (TPSA) is 59.3 Å². The lowest BCUT2D eigenvalue weighted by molar-refractivity contribution is 0.292. The molecule has 0 atom stereocenters. The zero-order chi connectivity index (χ0) is 18.4. The largest absolute Gasteiger partial charge is 0.489 e. The molecule has 2 N–H and O–H groups in total. The van der Waals surface area contributed by atoms with Gasteiger partial charge in [0, 0.05) is 18.7 Å². The first-order chi connectivity index (χ1) is 12.7. The van der Waals surface area contributed by atoms with Gasteiger partial charge in [0.15, 0.2) is 0 Å². The minimum absolute atomic E-state index is 0.137. The van der Waals surface area contributed by atoms with Gasteiger partial charge < -0.3 is 15.2 Å². The molecule has 0 amide bonds. The van der Waals surface area contributed by atoms with Gasteiger partial charge in [0.1, 0.15) is 17.5 Å². The average Bonchev–Trinajstić information content (AvgIpc) is 2.96. The highest BCUT2D eigenvalue weighted by molar-refractivity contribution is 6.30. The number of rotatable bonds is 8. The third-order valence-corrected chi connectivity index (χ3v) is 4.43. The number of para-hydroxylation sites is 1. The van der Waals surface area contributed by atoms with Crippen molar-refractivity contribution in [2.24, 2.45) is 0 Å². The summed E-state index contributed by atoms with van der Waals surface area (Å²) in [5.41, 5.74) is 3.79. The van der Waals surface area contributed by atoms with Gasteiger partial charge in [0.2, 0.25) is 0 Å². The summed E-state index contributed by atoms with van der Waals surface area (Å²) in [5.74, 6) is 0.777. The van der Waals surface area contributed by atoms with E-state index in [9.17, 15) is 0 Å². The Morgan fingerprint density at radius 2 is 1.85 bits per heavy atom. The number of aliphatic hydroxyl groups excluding tert-OH is 1. The van der Waals surface area contributed by atoms with E-state index >= 15 is 0 Å². The Morgan fingerprint density at radius 1 is 1.12 bits per heavy atom. The highest BCUT2D eigenvalue weighted by Gasteiger charge is 2.15. The molecule has 0 fully saturated rings. The van der Waals surface area contributed by atoms with Crippen LogP contribution in [0.5, 0.6) is 5.75 Å². The first kappa shape index (κ1) is 18.5. The fraction of sp³-hybridized carbons (Fsp3) is 0.250. The fourth-order valence-corrected chi connectivity index (χ4v) is 2.93. The number of aromatic nitrogens is 2. The molecular formula is C20H22ClN3O2. The van der Waals surface area contributed by atoms with Crippen LogP contribution >= 0.6 is 11.6 Å². The Kier molecular flexibility index (Phi) is 6.28. The van der Waals surface area contributed by atoms with Crippen LogP contribution in [-0.4, -0.2) is 28.0 Å². The molecule has 3 rings (SSSR count). The molecule has 0 radical (unpaired) electrons. The summed E-state index contributed by atoms with van der Waals surface area (Å²) in [6.45, 7) is 3.73. The molecule has 26 heavy (non-hydrogen) atoms. The minimum Gasteiger partial charge on any atom is -0.489 e. The molecular weight excluding hydrogens is 350 g/mol. The Balaban J connectivity index is 1.66. The molecule has 0 unspecified atom stereocenters. The Labute approximate surface area is 158 Å². The van der Waals surface area contributed by atoms with Gasteiger partial charge >= 0.3 is 0 Å². The highest BCUT2D eigenvalue weighted by Crippen LogP contribution is 2.25. The summed E-state index contributed by atoms with van der Waals surface area (Å²) in [5, 5.41) is 17.0. The Morgan fingerprint density at radius 3 is 2.54 bits per heavy atom. The molecule has 5 nitrogen and oxygen atoms in total. The molecule has 0 saturated heterocycles. The maximum absolute atomic E-state index is 8.79. The van der Waals surface area contributed by atoms with Crippen molar-refractivity contribution in [1.29, 1.82) is 0 Å². The van der Waals surface area contributed by atoms with E-state index in [1.165, 1.54) is 0 Å². The molecule has 3 aromatic rings. The standard InChI is InChI=1S/C20H22ClN3O2/c1-15-19(20(21)24(23-15)17-5-3-2-4-6-17)14-26-18-9-7-16(8-10-18)13-22-11-12-25/h2-10,22,25H,11-14H2,1H3. The van der Waals surface area contributed by atoms with Crippen LogP contribution in [0.4, 0.5) is 0 Å². The van der Waals surface area contributed by atoms with Crippen molar-refractivity contribution >= 4 is 11.6 Å². The molecule has 0 bridgehead atoms. The van der Waals surface area contributed by atoms with E-state index in [0.29, 0.717) is 18.3 Å². The zero-order valence-electron chi connectivity index (χ0n) is 14.7. The van der Waals surface area contributed by atoms with Crippen LogP contribution in [0.1, 0.15) is 16.8 Å². The highest BCUT2D eigenvalue weighted by atomic mass is 35.5. The van der Waals surface area contributed by atoms with Gasteiger partial charge in [-0.1, -0.05) is 41.9 Å². The minimum atomic E-state index is 0.137. The van der Waals surface area contributed by atoms with Gasteiger partial charge in [0.25, 0.3) is 0 Å². The monoisotopic (exact) mass is 371 g/mol. The van der Waals surface area contributed by atoms with Crippen molar-refractivity contribution in [2.45, 2.75) is 20.1 Å². The van der Waals surface area contributed by atoms with Crippen LogP contribution in [0.25, 0.3) is 5.69 Å². The van der Waals surface area contributed by atoms with Crippen molar-refractivity contribution in [1.82, 2.24) is 15.1 Å². The average molecular weight is 372 g/mol. The number of aliphatic hydroxyl groups is 1. The van der Waals surface area contributed by atoms with Crippen molar-refractivity contribution in [3.63, 3.8) is 0 Å². The number of benzene rings is 2. The van der Waals surface area contributed by atoms with Gasteiger partial charge in [-0.3, -0.25) is 0 Å². The number of ether oxygens (including phenoxy) is 1. The first-order valence-electron chi connectivity index (χ1n) is 8.52. The molecule has 136 valence electrons. The summed E-state index contributed by atoms with van der Waals surface area (Å²) < 4.78 is 7.61. The Bertz CT molecular complexity index is 832. The van der Waals surface area contributed by atoms with Crippen molar-refractivity contribution in [3.05, 3.63) is 76.6 Å². The zero-order valence-corrected chi connectivity index (χ0v) is 15.4. The predicted octanol–water partition coefficient (Wildman–Crippen LogP) is 3.50. The Hall–Kier alpha value is -2.34. The molecule has 0 aliphatic heterocycles. The number of aryl methyl sites for hydroxylation is 1. The molecule has 1 heterocycles. The molecule has 2 aromatic carbocycles. The lowest BCUT2D eigenvalue weighted by atomic mass is 10.2. The van der Waals surface area contributed by atoms with Gasteiger partial charge in [-0.2, -0.15) is 5.10 Å². The van der Waals surface area contributed by atoms with E-state index in [1.54, 1.807) is 4.68 Å². The SMILES string of the molecule is Cc1nn(-c2ccccc2)c(Cl)c1COc1ccc(CNCCO)cc1. The fourth-order valence-electron chi connectivity index (χ4n) is 2.61. The van der Waals surface area contributed by atoms with Crippen LogP contribution in [0, 0.1) is 6.92 Å². The first-order valence-corrected chi connectivity index (χ1v) is 8.89. The number of nitrogens with zero attached hydrogens (tertiary/aromatic N) is 2. The number of hydrogen-bond acceptors (Lipinski definition) is 4. The maximum atomic E-state index is 8.79. The second-order valence-electron chi connectivity index (χ2n) is 5.94. The molecule has 0 aliphatic rings. The van der Waals surface area contributed by atoms with Crippen LogP contribution in [0.3, 0.4) is 0 Å². The third-order valence-electron chi connectivity index (χ3n) is 4.05. The molecule has 0 aliphatic carbocycles. The lowest BCUT2D eigenvalue weighted by Crippen LogP contribution is -2.17. The van der Waals surface area contributed by atoms with Crippen LogP contribution in [-0.2, 0) is 13.2 Å². The van der Waals surface area contributed by atoms with Gasteiger partial charge in [-0.25, -0.2) is 4.68 Å². The van der Waals surface area contributed by atoms with E-state index in [0.717, 1.165) is 34.8 Å². The van der Waals surface area contributed by atoms with Crippen LogP contribution < -0.4 is 10.1 Å². The molecule has 0 saturated carbocycles. The van der Waals surface area contributed by atoms with E-state index in [1.807, 2.05) is 61.5 Å². The molecule has 6 heteroatoms. The number of halogens is 1. The van der Waals surface area contributed by atoms with Gasteiger partial charge in [-0.05, 0) is 36.8 Å². The normalized spacial score (nSPS) is 10.9. The molecule has 1 aromatic heterocycles. The van der Waals surface area contributed by atoms with Crippen molar-refractivity contribution < 1.29 is 9.84 Å². The maximum Gasteiger partial charge on any atom is 0.139 e. The van der Waals surface area contributed by atoms with E-state index < -0.39 is 0 Å².